The molecule has 0 saturated heterocycles. The Morgan fingerprint density at radius 3 is 2.40 bits per heavy atom. The van der Waals surface area contributed by atoms with E-state index in [9.17, 15) is 1.37 Å². The minimum absolute atomic E-state index is 0. The van der Waals surface area contributed by atoms with Crippen LogP contribution in [0.3, 0.4) is 0 Å². The molecule has 4 heteroatoms. The van der Waals surface area contributed by atoms with Gasteiger partial charge in [0.15, 0.2) is 0 Å². The molecule has 3 aromatic carbocycles. The number of benzene rings is 3. The van der Waals surface area contributed by atoms with Crippen LogP contribution < -0.4 is 0 Å². The van der Waals surface area contributed by atoms with Gasteiger partial charge in [0.05, 0.1) is 5.58 Å². The number of nitrogens with zero attached hydrogens (tertiary/aromatic N) is 2. The second-order valence-electron chi connectivity index (χ2n) is 13.9. The number of fused-ring (bicyclic) bond motifs is 3. The largest absolute Gasteiger partial charge is 0.501 e. The molecule has 47 heavy (non-hydrogen) atoms. The summed E-state index contributed by atoms with van der Waals surface area (Å²) in [4.78, 5) is 8.83. The molecule has 1 saturated carbocycles. The van der Waals surface area contributed by atoms with Gasteiger partial charge in [0, 0.05) is 50.2 Å². The predicted molar refractivity (Wildman–Crippen MR) is 192 cm³/mol. The van der Waals surface area contributed by atoms with Crippen molar-refractivity contribution in [2.45, 2.75) is 86.3 Å². The van der Waals surface area contributed by atoms with E-state index in [0.717, 1.165) is 29.2 Å². The van der Waals surface area contributed by atoms with Crippen LogP contribution in [0.4, 0.5) is 0 Å². The first kappa shape index (κ1) is 24.5. The predicted octanol–water partition coefficient (Wildman–Crippen LogP) is 11.9. The van der Waals surface area contributed by atoms with Crippen molar-refractivity contribution in [3.8, 4) is 22.5 Å². The van der Waals surface area contributed by atoms with Gasteiger partial charge in [-0.3, -0.25) is 0 Å². The Balaban J connectivity index is 0.000000223. The van der Waals surface area contributed by atoms with Crippen molar-refractivity contribution in [1.82, 2.24) is 9.97 Å². The molecule has 0 spiro atoms. The van der Waals surface area contributed by atoms with Crippen LogP contribution in [-0.2, 0) is 26.5 Å². The van der Waals surface area contributed by atoms with E-state index in [2.05, 4.69) is 35.9 Å². The Morgan fingerprint density at radius 1 is 0.936 bits per heavy atom. The fraction of sp³-hybridized carbons (Fsp3) is 0.349. The molecule has 0 atom stereocenters. The van der Waals surface area contributed by atoms with Gasteiger partial charge in [-0.1, -0.05) is 88.8 Å². The van der Waals surface area contributed by atoms with Crippen molar-refractivity contribution in [3.05, 3.63) is 120 Å². The van der Waals surface area contributed by atoms with Gasteiger partial charge in [-0.05, 0) is 89.8 Å². The fourth-order valence-electron chi connectivity index (χ4n) is 5.91. The molecular formula is C43H46IrN2O-2. The summed E-state index contributed by atoms with van der Waals surface area (Å²) in [6.07, 6.45) is 4.51. The molecule has 1 aliphatic carbocycles. The minimum Gasteiger partial charge on any atom is -0.501 e. The molecule has 3 aromatic heterocycles. The zero-order valence-corrected chi connectivity index (χ0v) is 29.9. The monoisotopic (exact) mass is 808 g/mol. The van der Waals surface area contributed by atoms with Gasteiger partial charge in [-0.15, -0.1) is 53.6 Å². The Morgan fingerprint density at radius 2 is 1.72 bits per heavy atom. The summed E-state index contributed by atoms with van der Waals surface area (Å²) >= 11 is 0. The Bertz CT molecular complexity index is 2290. The number of aryl methyl sites for hydroxylation is 2. The number of pyridine rings is 2. The maximum Gasteiger partial charge on any atom is 0.120 e. The molecule has 0 bridgehead atoms. The van der Waals surface area contributed by atoms with E-state index in [-0.39, 0.29) is 36.6 Å². The van der Waals surface area contributed by atoms with Crippen LogP contribution in [0.15, 0.2) is 89.6 Å². The van der Waals surface area contributed by atoms with Gasteiger partial charge in [0.2, 0.25) is 0 Å². The van der Waals surface area contributed by atoms with Crippen LogP contribution in [0.5, 0.6) is 0 Å². The summed E-state index contributed by atoms with van der Waals surface area (Å²) in [5.41, 5.74) is 5.19. The first-order valence-electron chi connectivity index (χ1n) is 20.3. The van der Waals surface area contributed by atoms with Crippen LogP contribution in [0.25, 0.3) is 44.5 Å². The van der Waals surface area contributed by atoms with Crippen LogP contribution in [-0.4, -0.2) is 9.97 Å². The first-order chi connectivity index (χ1) is 25.5. The third-order valence-electron chi connectivity index (χ3n) is 8.46. The maximum absolute atomic E-state index is 9.26. The van der Waals surface area contributed by atoms with Gasteiger partial charge in [0.25, 0.3) is 0 Å². The van der Waals surface area contributed by atoms with Crippen molar-refractivity contribution >= 4 is 21.9 Å². The van der Waals surface area contributed by atoms with Crippen molar-refractivity contribution < 1.29 is 36.9 Å². The first-order valence-corrected chi connectivity index (χ1v) is 15.8. The third kappa shape index (κ3) is 8.29. The van der Waals surface area contributed by atoms with Gasteiger partial charge >= 0.3 is 0 Å². The SMILES string of the molecule is [2H]C([2H])([2H])c1c[c-]c(-c2ccc(C([2H])([2H])C(C)(C)C)cn2)cc1.[2H]C([2H])([2H])c1cnc(-c2[c-]ccc3c2oc2ccccc23)cc1C1([2H])CCC(C)(C)CC1.[Ir]. The van der Waals surface area contributed by atoms with Crippen molar-refractivity contribution in [3.63, 3.8) is 0 Å². The zero-order valence-electron chi connectivity index (χ0n) is 36.5. The van der Waals surface area contributed by atoms with E-state index in [0.29, 0.717) is 52.1 Å². The van der Waals surface area contributed by atoms with E-state index < -0.39 is 31.4 Å². The van der Waals surface area contributed by atoms with Gasteiger partial charge in [-0.2, -0.15) is 0 Å². The number of aromatic nitrogens is 2. The second-order valence-corrected chi connectivity index (χ2v) is 13.9. The van der Waals surface area contributed by atoms with Gasteiger partial charge < -0.3 is 14.4 Å². The van der Waals surface area contributed by atoms with Crippen molar-refractivity contribution in [2.75, 3.05) is 0 Å². The molecule has 1 aliphatic rings. The normalized spacial score (nSPS) is 19.1. The number of hydrogen-bond acceptors (Lipinski definition) is 3. The maximum atomic E-state index is 9.26. The summed E-state index contributed by atoms with van der Waals surface area (Å²) in [5.74, 6) is -0.946. The zero-order chi connectivity index (χ0) is 40.2. The summed E-state index contributed by atoms with van der Waals surface area (Å²) < 4.78 is 78.2. The summed E-state index contributed by atoms with van der Waals surface area (Å²) in [6, 6.07) is 27.8. The van der Waals surface area contributed by atoms with E-state index in [1.807, 2.05) is 57.2 Å². The average Bonchev–Trinajstić information content (AvgIpc) is 3.51. The molecule has 0 aliphatic heterocycles. The molecule has 3 nitrogen and oxygen atoms in total. The molecular weight excluding hydrogens is 753 g/mol. The second kappa shape index (κ2) is 14.3. The fourth-order valence-corrected chi connectivity index (χ4v) is 5.91. The van der Waals surface area contributed by atoms with Crippen molar-refractivity contribution in [2.24, 2.45) is 10.8 Å². The molecule has 7 rings (SSSR count). The van der Waals surface area contributed by atoms with E-state index in [1.165, 1.54) is 18.5 Å². The van der Waals surface area contributed by atoms with Crippen LogP contribution in [0.1, 0.15) is 101 Å². The van der Waals surface area contributed by atoms with Crippen LogP contribution >= 0.6 is 0 Å². The van der Waals surface area contributed by atoms with E-state index in [1.54, 1.807) is 30.3 Å². The van der Waals surface area contributed by atoms with Gasteiger partial charge in [0.1, 0.15) is 5.58 Å². The summed E-state index contributed by atoms with van der Waals surface area (Å²) in [6.45, 7) is 5.51. The molecule has 3 heterocycles. The van der Waals surface area contributed by atoms with Crippen LogP contribution in [0, 0.1) is 36.7 Å². The Labute approximate surface area is 307 Å². The average molecular weight is 808 g/mol. The molecule has 0 N–H and O–H groups in total. The van der Waals surface area contributed by atoms with Gasteiger partial charge in [-0.25, -0.2) is 0 Å². The molecule has 1 radical (unpaired) electrons. The van der Waals surface area contributed by atoms with E-state index in [4.69, 9.17) is 15.4 Å². The number of para-hydroxylation sites is 1. The molecule has 6 aromatic rings. The Hall–Kier alpha value is -3.59. The third-order valence-corrected chi connectivity index (χ3v) is 8.46. The van der Waals surface area contributed by atoms with Crippen LogP contribution in [0.2, 0.25) is 0 Å². The summed E-state index contributed by atoms with van der Waals surface area (Å²) in [5, 5.41) is 1.99. The standard InChI is InChI=1S/C26H26NO.C17H20N.Ir/c1-17-16-27-23(15-22(17)18-11-13-26(2,3)14-12-18)21-9-6-8-20-19-7-4-5-10-24(19)28-25(20)21;1-13-5-8-15(9-6-13)16-10-7-14(12-18-16)11-17(2,3)4;/h4-8,10,15-16,18H,11-14H2,1-3H3;5-8,10,12H,11H2,1-4H3;/q2*-1;/i1D3,18D;1D3,11D2;. The molecule has 1 fully saturated rings. The number of hydrogen-bond donors (Lipinski definition) is 0. The van der Waals surface area contributed by atoms with E-state index >= 15 is 0 Å². The topological polar surface area (TPSA) is 38.9 Å². The number of furan rings is 1. The molecule has 245 valence electrons. The molecule has 0 amide bonds. The van der Waals surface area contributed by atoms with Crippen molar-refractivity contribution in [1.29, 1.82) is 0 Å². The molecule has 0 unspecified atom stereocenters. The Kier molecular flexibility index (Phi) is 7.44. The minimum atomic E-state index is -2.32. The smallest absolute Gasteiger partial charge is 0.120 e. The number of rotatable bonds is 4. The quantitative estimate of drug-likeness (QED) is 0.167. The summed E-state index contributed by atoms with van der Waals surface area (Å²) in [7, 11) is 0.